The standard InChI is InChI=1S/C33H26NS.C15H18GeN.Ir/c1-33(2,3)26-17-18-34-30(21-26)28-14-8-13-27-29-20-25(15-16-31(29)35-32(27)28)24-12-7-11-23(19-24)22-9-5-4-6-10-22;1-12-10-15(13-8-6-5-7-9-13)17-11-14(12)16(2,3)4;/h4-13,15-21H,1-3H3;5-8,10-11H,1-4H3;/q2*-1;. The van der Waals surface area contributed by atoms with Gasteiger partial charge in [-0.2, -0.15) is 11.3 Å². The summed E-state index contributed by atoms with van der Waals surface area (Å²) in [7, 11) is 0. The Morgan fingerprint density at radius 1 is 0.623 bits per heavy atom. The quantitative estimate of drug-likeness (QED) is 0.127. The number of aromatic nitrogens is 2. The molecule has 2 nitrogen and oxygen atoms in total. The molecule has 1 radical (unpaired) electrons. The van der Waals surface area contributed by atoms with Crippen LogP contribution < -0.4 is 4.40 Å². The molecule has 0 N–H and O–H groups in total. The molecule has 3 aromatic heterocycles. The molecule has 0 amide bonds. The van der Waals surface area contributed by atoms with Gasteiger partial charge in [0.05, 0.1) is 0 Å². The Morgan fingerprint density at radius 2 is 1.34 bits per heavy atom. The van der Waals surface area contributed by atoms with E-state index < -0.39 is 13.3 Å². The Balaban J connectivity index is 0.000000226. The fraction of sp³-hybridized carbons (Fsp3) is 0.167. The van der Waals surface area contributed by atoms with Gasteiger partial charge in [-0.25, -0.2) is 0 Å². The van der Waals surface area contributed by atoms with Crippen molar-refractivity contribution in [3.8, 4) is 44.8 Å². The second-order valence-electron chi connectivity index (χ2n) is 15.4. The number of fused-ring (bicyclic) bond motifs is 3. The van der Waals surface area contributed by atoms with E-state index in [0.29, 0.717) is 0 Å². The summed E-state index contributed by atoms with van der Waals surface area (Å²) in [4.78, 5) is 9.31. The van der Waals surface area contributed by atoms with Gasteiger partial charge in [0.15, 0.2) is 0 Å². The second kappa shape index (κ2) is 16.0. The van der Waals surface area contributed by atoms with Crippen LogP contribution in [-0.2, 0) is 25.5 Å². The monoisotopic (exact) mass is 947 g/mol. The van der Waals surface area contributed by atoms with Crippen LogP contribution in [0.4, 0.5) is 0 Å². The molecule has 0 aliphatic rings. The minimum atomic E-state index is -1.77. The smallest absolute Gasteiger partial charge is 0 e. The number of benzene rings is 5. The number of aryl methyl sites for hydroxylation is 1. The van der Waals surface area contributed by atoms with Crippen molar-refractivity contribution >= 4 is 49.2 Å². The Kier molecular flexibility index (Phi) is 11.7. The van der Waals surface area contributed by atoms with Crippen LogP contribution in [0.15, 0.2) is 140 Å². The molecule has 0 spiro atoms. The fourth-order valence-corrected chi connectivity index (χ4v) is 11.5. The van der Waals surface area contributed by atoms with Crippen molar-refractivity contribution < 1.29 is 20.1 Å². The predicted octanol–water partition coefficient (Wildman–Crippen LogP) is 12.9. The topological polar surface area (TPSA) is 25.8 Å². The van der Waals surface area contributed by atoms with E-state index >= 15 is 0 Å². The summed E-state index contributed by atoms with van der Waals surface area (Å²) in [6, 6.07) is 51.7. The molecule has 8 aromatic rings. The molecule has 3 heterocycles. The molecule has 53 heavy (non-hydrogen) atoms. The van der Waals surface area contributed by atoms with E-state index in [1.54, 1.807) is 0 Å². The van der Waals surface area contributed by atoms with Crippen molar-refractivity contribution in [3.05, 3.63) is 163 Å². The number of rotatable bonds is 5. The van der Waals surface area contributed by atoms with Crippen LogP contribution in [0.5, 0.6) is 0 Å². The Hall–Kier alpha value is -4.19. The van der Waals surface area contributed by atoms with Crippen LogP contribution in [0.2, 0.25) is 17.3 Å². The van der Waals surface area contributed by atoms with Crippen molar-refractivity contribution in [2.45, 2.75) is 50.4 Å². The molecule has 0 atom stereocenters. The first kappa shape index (κ1) is 38.5. The number of thiophene rings is 1. The molecule has 0 aliphatic carbocycles. The zero-order valence-electron chi connectivity index (χ0n) is 31.4. The summed E-state index contributed by atoms with van der Waals surface area (Å²) in [6.07, 6.45) is 4.00. The molecule has 0 fully saturated rings. The van der Waals surface area contributed by atoms with Crippen molar-refractivity contribution in [1.82, 2.24) is 9.97 Å². The van der Waals surface area contributed by atoms with Crippen LogP contribution in [0.3, 0.4) is 0 Å². The molecular formula is C48H44GeIrN2S-2. The third-order valence-electron chi connectivity index (χ3n) is 9.52. The van der Waals surface area contributed by atoms with Gasteiger partial charge in [0.25, 0.3) is 0 Å². The Morgan fingerprint density at radius 3 is 2.04 bits per heavy atom. The molecule has 8 rings (SSSR count). The third kappa shape index (κ3) is 8.63. The summed E-state index contributed by atoms with van der Waals surface area (Å²) in [5.74, 6) is 7.20. The molecular weight excluding hydrogens is 901 g/mol. The van der Waals surface area contributed by atoms with Crippen molar-refractivity contribution in [2.24, 2.45) is 0 Å². The SMILES string of the molecule is CC(C)(C)c1ccnc(-c2[c-]ccc3c2sc2ccc(-c4cccc(-c5ccccc5)c4)cc23)c1.Cc1cc(-c2[c-]cccc2)nc[c]1[Ge]([CH3])([CH3])[CH3].[Ir]. The van der Waals surface area contributed by atoms with Crippen LogP contribution in [0, 0.1) is 19.1 Å². The van der Waals surface area contributed by atoms with E-state index in [4.69, 9.17) is 4.98 Å². The van der Waals surface area contributed by atoms with Crippen molar-refractivity contribution in [1.29, 1.82) is 0 Å². The largest absolute Gasteiger partial charge is 0 e. The number of nitrogens with zero attached hydrogens (tertiary/aromatic N) is 2. The van der Waals surface area contributed by atoms with Gasteiger partial charge < -0.3 is 4.98 Å². The van der Waals surface area contributed by atoms with Gasteiger partial charge in [0.1, 0.15) is 0 Å². The van der Waals surface area contributed by atoms with Gasteiger partial charge in [-0.3, -0.25) is 0 Å². The number of pyridine rings is 2. The third-order valence-corrected chi connectivity index (χ3v) is 15.2. The Bertz CT molecular complexity index is 2490. The van der Waals surface area contributed by atoms with Gasteiger partial charge in [-0.05, 0) is 73.3 Å². The first-order valence-corrected chi connectivity index (χ1v) is 26.1. The zero-order chi connectivity index (χ0) is 36.5. The molecule has 0 saturated carbocycles. The van der Waals surface area contributed by atoms with E-state index in [9.17, 15) is 0 Å². The molecule has 0 unspecified atom stereocenters. The van der Waals surface area contributed by atoms with Crippen molar-refractivity contribution in [3.63, 3.8) is 0 Å². The van der Waals surface area contributed by atoms with Gasteiger partial charge in [0.2, 0.25) is 0 Å². The molecule has 5 aromatic carbocycles. The first-order valence-electron chi connectivity index (χ1n) is 17.9. The van der Waals surface area contributed by atoms with Crippen LogP contribution in [0.25, 0.3) is 64.9 Å². The van der Waals surface area contributed by atoms with Crippen LogP contribution in [0.1, 0.15) is 31.9 Å². The second-order valence-corrected chi connectivity index (χ2v) is 27.1. The maximum Gasteiger partial charge on any atom is 0 e. The van der Waals surface area contributed by atoms with E-state index in [0.717, 1.165) is 22.5 Å². The minimum absolute atomic E-state index is 0. The number of hydrogen-bond acceptors (Lipinski definition) is 3. The molecule has 267 valence electrons. The summed E-state index contributed by atoms with van der Waals surface area (Å²) >= 11 is 0.0565. The maximum absolute atomic E-state index is 4.72. The minimum Gasteiger partial charge on any atom is 0 e. The summed E-state index contributed by atoms with van der Waals surface area (Å²) < 4.78 is 4.02. The summed E-state index contributed by atoms with van der Waals surface area (Å²) in [5.41, 5.74) is 11.9. The maximum atomic E-state index is 4.72. The number of hydrogen-bond donors (Lipinski definition) is 0. The van der Waals surface area contributed by atoms with E-state index in [1.165, 1.54) is 57.9 Å². The predicted molar refractivity (Wildman–Crippen MR) is 227 cm³/mol. The van der Waals surface area contributed by atoms with Gasteiger partial charge in [-0.1, -0.05) is 86.8 Å². The van der Waals surface area contributed by atoms with Crippen LogP contribution >= 0.6 is 11.3 Å². The molecule has 5 heteroatoms. The average molecular weight is 946 g/mol. The van der Waals surface area contributed by atoms with E-state index in [2.05, 4.69) is 171 Å². The summed E-state index contributed by atoms with van der Waals surface area (Å²) in [5, 5.41) is 2.55. The molecule has 0 bridgehead atoms. The fourth-order valence-electron chi connectivity index (χ4n) is 6.70. The first-order chi connectivity index (χ1) is 25.0. The summed E-state index contributed by atoms with van der Waals surface area (Å²) in [6.45, 7) is 8.92. The van der Waals surface area contributed by atoms with E-state index in [1.807, 2.05) is 41.8 Å². The Labute approximate surface area is 335 Å². The molecule has 0 saturated heterocycles. The molecule has 0 aliphatic heterocycles. The van der Waals surface area contributed by atoms with Gasteiger partial charge in [-0.15, -0.1) is 23.8 Å². The zero-order valence-corrected chi connectivity index (χ0v) is 36.7. The normalized spacial score (nSPS) is 11.5. The average Bonchev–Trinajstić information content (AvgIpc) is 3.53. The van der Waals surface area contributed by atoms with Gasteiger partial charge >= 0.3 is 106 Å². The van der Waals surface area contributed by atoms with Crippen molar-refractivity contribution in [2.75, 3.05) is 0 Å². The van der Waals surface area contributed by atoms with Gasteiger partial charge in [0, 0.05) is 31.0 Å². The van der Waals surface area contributed by atoms with E-state index in [-0.39, 0.29) is 25.5 Å². The van der Waals surface area contributed by atoms with Crippen LogP contribution in [-0.4, -0.2) is 23.2 Å².